The zero-order valence-electron chi connectivity index (χ0n) is 29.4. The van der Waals surface area contributed by atoms with Gasteiger partial charge in [-0.05, 0) is 98.6 Å². The minimum Gasteiger partial charge on any atom is -0.227 e. The topological polar surface area (TPSA) is 73.4 Å². The molecule has 1 aromatic heterocycles. The Labute approximate surface area is 313 Å². The van der Waals surface area contributed by atoms with E-state index in [0.717, 1.165) is 61.6 Å². The van der Waals surface area contributed by atoms with Crippen LogP contribution in [0, 0.1) is 34.5 Å². The summed E-state index contributed by atoms with van der Waals surface area (Å²) in [5.74, 6) is 1.07. The number of hydrogen-bond acceptors (Lipinski definition) is 4. The molecule has 0 bridgehead atoms. The van der Waals surface area contributed by atoms with Crippen LogP contribution in [0.5, 0.6) is 0 Å². The maximum Gasteiger partial charge on any atom is 0.160 e. The van der Waals surface area contributed by atoms with E-state index in [4.69, 9.17) is 9.97 Å². The molecule has 6 aromatic rings. The van der Waals surface area contributed by atoms with Crippen molar-refractivity contribution in [2.45, 2.75) is 12.8 Å². The average molecular weight is 689 g/mol. The number of hydrogen-bond donors (Lipinski definition) is 0. The summed E-state index contributed by atoms with van der Waals surface area (Å²) in [5.41, 5.74) is 11.5. The molecule has 0 radical (unpaired) electrons. The van der Waals surface area contributed by atoms with Crippen LogP contribution in [0.15, 0.2) is 175 Å². The standard InChI is InChI=1S/C50H32N4/c51-29-31-11-9-15-35(23-31)48-47-28-37(44-25-33-13-1-3-17-38(33)40-19-5-7-21-42(40)44)27-46(49(47)54-50(53-48)36-16-10-12-32(24-36)30-52)45-26-34-14-2-4-18-39(34)41-20-6-8-22-43(41)45/h1-9,11,13-28,38,40H,10,12H2. The molecule has 2 unspecified atom stereocenters. The van der Waals surface area contributed by atoms with Crippen molar-refractivity contribution < 1.29 is 0 Å². The largest absolute Gasteiger partial charge is 0.227 e. The van der Waals surface area contributed by atoms with Crippen LogP contribution in [0.3, 0.4) is 0 Å². The molecule has 0 amide bonds. The smallest absolute Gasteiger partial charge is 0.160 e. The van der Waals surface area contributed by atoms with Gasteiger partial charge in [0.1, 0.15) is 0 Å². The third-order valence-corrected chi connectivity index (χ3v) is 11.1. The molecule has 0 fully saturated rings. The SMILES string of the molecule is N#CC1=CC(c2nc(-c3cccc(C#N)c3)c3cc(C4=C5C=CC=CC5C5C=CC=CC5=C4)cc(-c4cc5ccccc5c5ccccc45)c3n2)=CCC1. The summed E-state index contributed by atoms with van der Waals surface area (Å²) in [6.45, 7) is 0. The molecule has 4 aliphatic carbocycles. The number of nitrogens with zero attached hydrogens (tertiary/aromatic N) is 4. The number of nitriles is 2. The Morgan fingerprint density at radius 2 is 1.44 bits per heavy atom. The fraction of sp³-hybridized carbons (Fsp3) is 0.0800. The first-order valence-corrected chi connectivity index (χ1v) is 18.4. The number of fused-ring (bicyclic) bond motifs is 7. The normalized spacial score (nSPS) is 18.5. The molecule has 1 heterocycles. The van der Waals surface area contributed by atoms with Gasteiger partial charge in [-0.25, -0.2) is 9.97 Å². The van der Waals surface area contributed by atoms with Gasteiger partial charge in [0, 0.05) is 39.5 Å². The van der Waals surface area contributed by atoms with Crippen LogP contribution >= 0.6 is 0 Å². The van der Waals surface area contributed by atoms with E-state index in [9.17, 15) is 10.5 Å². The van der Waals surface area contributed by atoms with Crippen molar-refractivity contribution in [3.63, 3.8) is 0 Å². The van der Waals surface area contributed by atoms with Crippen molar-refractivity contribution in [3.05, 3.63) is 192 Å². The van der Waals surface area contributed by atoms with Gasteiger partial charge in [-0.2, -0.15) is 10.5 Å². The Morgan fingerprint density at radius 1 is 0.630 bits per heavy atom. The van der Waals surface area contributed by atoms with E-state index >= 15 is 0 Å². The lowest BCUT2D eigenvalue weighted by Gasteiger charge is -2.33. The van der Waals surface area contributed by atoms with E-state index in [1.165, 1.54) is 27.5 Å². The minimum atomic E-state index is 0.219. The highest BCUT2D eigenvalue weighted by Gasteiger charge is 2.31. The summed E-state index contributed by atoms with van der Waals surface area (Å²) in [5, 5.41) is 25.4. The molecule has 0 saturated carbocycles. The first-order valence-electron chi connectivity index (χ1n) is 18.4. The summed E-state index contributed by atoms with van der Waals surface area (Å²) in [7, 11) is 0. The molecule has 252 valence electrons. The molecular formula is C50H32N4. The van der Waals surface area contributed by atoms with E-state index in [0.29, 0.717) is 23.4 Å². The maximum atomic E-state index is 9.97. The zero-order chi connectivity index (χ0) is 36.2. The van der Waals surface area contributed by atoms with Crippen molar-refractivity contribution in [2.24, 2.45) is 11.8 Å². The van der Waals surface area contributed by atoms with E-state index < -0.39 is 0 Å². The Hall–Kier alpha value is -7.14. The Morgan fingerprint density at radius 3 is 2.31 bits per heavy atom. The molecule has 0 N–H and O–H groups in total. The molecule has 4 aliphatic rings. The van der Waals surface area contributed by atoms with Crippen molar-refractivity contribution in [2.75, 3.05) is 0 Å². The summed E-state index contributed by atoms with van der Waals surface area (Å²) in [6.07, 6.45) is 25.6. The van der Waals surface area contributed by atoms with Crippen molar-refractivity contribution >= 4 is 43.6 Å². The first-order chi connectivity index (χ1) is 26.7. The molecule has 0 aliphatic heterocycles. The third kappa shape index (κ3) is 5.20. The third-order valence-electron chi connectivity index (χ3n) is 11.1. The summed E-state index contributed by atoms with van der Waals surface area (Å²) in [4.78, 5) is 10.7. The monoisotopic (exact) mass is 688 g/mol. The average Bonchev–Trinajstić information content (AvgIpc) is 3.25. The van der Waals surface area contributed by atoms with Crippen LogP contribution in [0.2, 0.25) is 0 Å². The van der Waals surface area contributed by atoms with Crippen LogP contribution in [-0.4, -0.2) is 9.97 Å². The fourth-order valence-corrected chi connectivity index (χ4v) is 8.59. The Kier molecular flexibility index (Phi) is 7.50. The molecule has 2 atom stereocenters. The Bertz CT molecular complexity index is 2960. The number of benzene rings is 5. The number of allylic oxidation sites excluding steroid dienone is 16. The van der Waals surface area contributed by atoms with Gasteiger partial charge in [-0.3, -0.25) is 0 Å². The van der Waals surface area contributed by atoms with Gasteiger partial charge < -0.3 is 0 Å². The zero-order valence-corrected chi connectivity index (χ0v) is 29.4. The number of aromatic nitrogens is 2. The van der Waals surface area contributed by atoms with E-state index in [1.807, 2.05) is 30.3 Å². The van der Waals surface area contributed by atoms with Gasteiger partial charge in [0.25, 0.3) is 0 Å². The minimum absolute atomic E-state index is 0.219. The van der Waals surface area contributed by atoms with Gasteiger partial charge in [0.15, 0.2) is 5.82 Å². The molecule has 10 rings (SSSR count). The van der Waals surface area contributed by atoms with Gasteiger partial charge in [-0.1, -0.05) is 121 Å². The quantitative estimate of drug-likeness (QED) is 0.173. The molecule has 4 heteroatoms. The molecule has 5 aromatic carbocycles. The number of rotatable bonds is 4. The van der Waals surface area contributed by atoms with Crippen molar-refractivity contribution in [3.8, 4) is 34.5 Å². The first kappa shape index (κ1) is 31.6. The molecule has 0 saturated heterocycles. The predicted molar refractivity (Wildman–Crippen MR) is 220 cm³/mol. The van der Waals surface area contributed by atoms with Gasteiger partial charge in [0.2, 0.25) is 0 Å². The van der Waals surface area contributed by atoms with Gasteiger partial charge in [-0.15, -0.1) is 0 Å². The van der Waals surface area contributed by atoms with E-state index in [1.54, 1.807) is 0 Å². The van der Waals surface area contributed by atoms with Crippen LogP contribution in [0.25, 0.3) is 66.0 Å². The van der Waals surface area contributed by atoms with Crippen molar-refractivity contribution in [1.29, 1.82) is 10.5 Å². The van der Waals surface area contributed by atoms with E-state index in [-0.39, 0.29) is 11.8 Å². The lowest BCUT2D eigenvalue weighted by molar-refractivity contribution is 0.618. The van der Waals surface area contributed by atoms with Crippen LogP contribution in [-0.2, 0) is 0 Å². The van der Waals surface area contributed by atoms with Crippen LogP contribution < -0.4 is 0 Å². The van der Waals surface area contributed by atoms with Gasteiger partial charge >= 0.3 is 0 Å². The van der Waals surface area contributed by atoms with E-state index in [2.05, 4.69) is 140 Å². The molecule has 0 spiro atoms. The fourth-order valence-electron chi connectivity index (χ4n) is 8.59. The summed E-state index contributed by atoms with van der Waals surface area (Å²) >= 11 is 0. The molecular weight excluding hydrogens is 657 g/mol. The predicted octanol–water partition coefficient (Wildman–Crippen LogP) is 11.9. The van der Waals surface area contributed by atoms with Crippen LogP contribution in [0.1, 0.15) is 29.8 Å². The van der Waals surface area contributed by atoms with Crippen molar-refractivity contribution in [1.82, 2.24) is 9.97 Å². The molecule has 4 nitrogen and oxygen atoms in total. The van der Waals surface area contributed by atoms with Gasteiger partial charge in [0.05, 0.1) is 28.9 Å². The second-order valence-electron chi connectivity index (χ2n) is 14.2. The molecule has 54 heavy (non-hydrogen) atoms. The second-order valence-corrected chi connectivity index (χ2v) is 14.2. The maximum absolute atomic E-state index is 9.97. The van der Waals surface area contributed by atoms with Crippen LogP contribution in [0.4, 0.5) is 0 Å². The summed E-state index contributed by atoms with van der Waals surface area (Å²) in [6, 6.07) is 36.4. The lowest BCUT2D eigenvalue weighted by atomic mass is 9.70. The lowest BCUT2D eigenvalue weighted by Crippen LogP contribution is -2.21. The second kappa shape index (κ2) is 12.8. The Balaban J connectivity index is 1.35. The summed E-state index contributed by atoms with van der Waals surface area (Å²) < 4.78 is 0. The highest BCUT2D eigenvalue weighted by Crippen LogP contribution is 2.47. The highest BCUT2D eigenvalue weighted by molar-refractivity contribution is 6.17. The highest BCUT2D eigenvalue weighted by atomic mass is 14.9.